The Kier molecular flexibility index (Phi) is 3.91. The number of nitrogens with zero attached hydrogens (tertiary/aromatic N) is 3. The van der Waals surface area contributed by atoms with Crippen LogP contribution in [-0.2, 0) is 15.6 Å². The number of hydrogen-bond donors (Lipinski definition) is 0. The lowest BCUT2D eigenvalue weighted by molar-refractivity contribution is 0.571. The summed E-state index contributed by atoms with van der Waals surface area (Å²) in [5.41, 5.74) is 1.04. The first-order valence-corrected chi connectivity index (χ1v) is 8.18. The molecule has 0 amide bonds. The van der Waals surface area contributed by atoms with Crippen molar-refractivity contribution in [1.82, 2.24) is 14.8 Å². The molecule has 0 aliphatic carbocycles. The first kappa shape index (κ1) is 14.0. The topological polar surface area (TPSA) is 64.8 Å². The molecule has 102 valence electrons. The first-order chi connectivity index (χ1) is 8.95. The summed E-state index contributed by atoms with van der Waals surface area (Å²) in [5.74, 6) is 0.536. The summed E-state index contributed by atoms with van der Waals surface area (Å²) in [6.07, 6.45) is 0. The van der Waals surface area contributed by atoms with Gasteiger partial charge in [-0.05, 0) is 12.5 Å². The molecule has 1 unspecified atom stereocenters. The molecule has 1 aromatic carbocycles. The van der Waals surface area contributed by atoms with Gasteiger partial charge >= 0.3 is 0 Å². The lowest BCUT2D eigenvalue weighted by Crippen LogP contribution is -2.11. The lowest BCUT2D eigenvalue weighted by Gasteiger charge is -2.12. The van der Waals surface area contributed by atoms with Crippen LogP contribution < -0.4 is 0 Å². The van der Waals surface area contributed by atoms with Gasteiger partial charge in [0.25, 0.3) is 14.2 Å². The first-order valence-electron chi connectivity index (χ1n) is 5.87. The van der Waals surface area contributed by atoms with Gasteiger partial charge in [0.2, 0.25) is 0 Å². The Hall–Kier alpha value is -1.40. The van der Waals surface area contributed by atoms with Gasteiger partial charge in [0.15, 0.2) is 0 Å². The van der Waals surface area contributed by atoms with Gasteiger partial charge in [-0.25, -0.2) is 8.42 Å². The average Bonchev–Trinajstić information content (AvgIpc) is 2.82. The van der Waals surface area contributed by atoms with Crippen LogP contribution in [0.4, 0.5) is 0 Å². The molecule has 0 saturated carbocycles. The number of hydrogen-bond acceptors (Lipinski definition) is 4. The third-order valence-electron chi connectivity index (χ3n) is 2.97. The lowest BCUT2D eigenvalue weighted by atomic mass is 10.0. The van der Waals surface area contributed by atoms with Gasteiger partial charge in [-0.1, -0.05) is 37.3 Å². The molecule has 5 nitrogen and oxygen atoms in total. The molecule has 2 rings (SSSR count). The summed E-state index contributed by atoms with van der Waals surface area (Å²) < 4.78 is 24.4. The summed E-state index contributed by atoms with van der Waals surface area (Å²) in [6, 6.07) is 9.72. The van der Waals surface area contributed by atoms with Gasteiger partial charge in [-0.3, -0.25) is 0 Å². The third-order valence-corrected chi connectivity index (χ3v) is 4.12. The van der Waals surface area contributed by atoms with Gasteiger partial charge in [0.05, 0.1) is 0 Å². The zero-order valence-corrected chi connectivity index (χ0v) is 12.2. The highest BCUT2D eigenvalue weighted by atomic mass is 35.7. The third kappa shape index (κ3) is 2.79. The van der Waals surface area contributed by atoms with E-state index in [1.165, 1.54) is 4.57 Å². The van der Waals surface area contributed by atoms with Crippen molar-refractivity contribution in [1.29, 1.82) is 0 Å². The van der Waals surface area contributed by atoms with Crippen LogP contribution in [0.1, 0.15) is 31.2 Å². The average molecular weight is 300 g/mol. The molecule has 1 atom stereocenters. The van der Waals surface area contributed by atoms with Crippen molar-refractivity contribution in [2.24, 2.45) is 0 Å². The number of benzene rings is 1. The number of halogens is 1. The molecular formula is C12H14ClN3O2S. The highest BCUT2D eigenvalue weighted by molar-refractivity contribution is 8.13. The molecule has 1 heterocycles. The number of aromatic nitrogens is 3. The molecule has 0 N–H and O–H groups in total. The molecule has 2 aromatic rings. The molecule has 19 heavy (non-hydrogen) atoms. The van der Waals surface area contributed by atoms with Crippen LogP contribution in [0, 0.1) is 0 Å². The van der Waals surface area contributed by atoms with Crippen LogP contribution in [0.2, 0.25) is 0 Å². The molecular weight excluding hydrogens is 286 g/mol. The van der Waals surface area contributed by atoms with Crippen molar-refractivity contribution >= 4 is 19.7 Å². The SMILES string of the molecule is CCn1c(C(C)c2ccccc2)nnc1S(=O)(=O)Cl. The van der Waals surface area contributed by atoms with E-state index in [9.17, 15) is 8.42 Å². The Balaban J connectivity index is 2.50. The van der Waals surface area contributed by atoms with Gasteiger partial charge in [-0.2, -0.15) is 0 Å². The predicted octanol–water partition coefficient (Wildman–Crippen LogP) is 2.38. The van der Waals surface area contributed by atoms with E-state index < -0.39 is 9.05 Å². The molecule has 0 fully saturated rings. The van der Waals surface area contributed by atoms with Crippen LogP contribution >= 0.6 is 10.7 Å². The second-order valence-electron chi connectivity index (χ2n) is 4.16. The predicted molar refractivity (Wildman–Crippen MR) is 72.7 cm³/mol. The zero-order valence-electron chi connectivity index (χ0n) is 10.6. The maximum Gasteiger partial charge on any atom is 0.296 e. The van der Waals surface area contributed by atoms with E-state index in [-0.39, 0.29) is 11.1 Å². The minimum Gasteiger partial charge on any atom is -0.301 e. The fourth-order valence-corrected chi connectivity index (χ4v) is 2.96. The molecule has 0 spiro atoms. The highest BCUT2D eigenvalue weighted by Crippen LogP contribution is 2.25. The van der Waals surface area contributed by atoms with E-state index in [1.807, 2.05) is 44.2 Å². The Morgan fingerprint density at radius 3 is 2.42 bits per heavy atom. The second kappa shape index (κ2) is 5.30. The Morgan fingerprint density at radius 2 is 1.89 bits per heavy atom. The van der Waals surface area contributed by atoms with E-state index in [2.05, 4.69) is 10.2 Å². The van der Waals surface area contributed by atoms with Crippen molar-refractivity contribution in [3.63, 3.8) is 0 Å². The molecule has 0 radical (unpaired) electrons. The smallest absolute Gasteiger partial charge is 0.296 e. The summed E-state index contributed by atoms with van der Waals surface area (Å²) in [7, 11) is 1.48. The van der Waals surface area contributed by atoms with E-state index in [4.69, 9.17) is 10.7 Å². The highest BCUT2D eigenvalue weighted by Gasteiger charge is 2.24. The summed E-state index contributed by atoms with van der Waals surface area (Å²) in [4.78, 5) is 0. The molecule has 7 heteroatoms. The monoisotopic (exact) mass is 299 g/mol. The summed E-state index contributed by atoms with van der Waals surface area (Å²) in [6.45, 7) is 4.23. The Bertz CT molecular complexity index is 668. The fraction of sp³-hybridized carbons (Fsp3) is 0.333. The molecule has 0 aliphatic heterocycles. The fourth-order valence-electron chi connectivity index (χ4n) is 1.99. The van der Waals surface area contributed by atoms with Crippen molar-refractivity contribution in [3.05, 3.63) is 41.7 Å². The maximum absolute atomic E-state index is 11.4. The van der Waals surface area contributed by atoms with Crippen LogP contribution in [-0.4, -0.2) is 23.2 Å². The van der Waals surface area contributed by atoms with E-state index in [0.717, 1.165) is 5.56 Å². The summed E-state index contributed by atoms with van der Waals surface area (Å²) >= 11 is 0. The summed E-state index contributed by atoms with van der Waals surface area (Å²) in [5, 5.41) is 7.48. The normalized spacial score (nSPS) is 13.4. The second-order valence-corrected chi connectivity index (χ2v) is 6.61. The van der Waals surface area contributed by atoms with Crippen molar-refractivity contribution in [3.8, 4) is 0 Å². The standard InChI is InChI=1S/C12H14ClN3O2S/c1-3-16-11(14-15-12(16)19(13,17)18)9(2)10-7-5-4-6-8-10/h4-9H,3H2,1-2H3. The molecule has 0 bridgehead atoms. The Morgan fingerprint density at radius 1 is 1.26 bits per heavy atom. The molecule has 0 saturated heterocycles. The maximum atomic E-state index is 11.4. The van der Waals surface area contributed by atoms with Crippen LogP contribution in [0.3, 0.4) is 0 Å². The zero-order chi connectivity index (χ0) is 14.0. The van der Waals surface area contributed by atoms with Crippen molar-refractivity contribution < 1.29 is 8.42 Å². The number of rotatable bonds is 4. The molecule has 0 aliphatic rings. The minimum atomic E-state index is -3.88. The quantitative estimate of drug-likeness (QED) is 0.813. The van der Waals surface area contributed by atoms with Gasteiger partial charge in [0.1, 0.15) is 5.82 Å². The van der Waals surface area contributed by atoms with Crippen molar-refractivity contribution in [2.45, 2.75) is 31.5 Å². The minimum absolute atomic E-state index is 0.0548. The van der Waals surface area contributed by atoms with E-state index in [1.54, 1.807) is 0 Å². The van der Waals surface area contributed by atoms with Crippen LogP contribution in [0.25, 0.3) is 0 Å². The van der Waals surface area contributed by atoms with Gasteiger partial charge in [0, 0.05) is 23.1 Å². The van der Waals surface area contributed by atoms with Gasteiger partial charge in [-0.15, -0.1) is 10.2 Å². The van der Waals surface area contributed by atoms with Crippen LogP contribution in [0.15, 0.2) is 35.5 Å². The molecule has 1 aromatic heterocycles. The van der Waals surface area contributed by atoms with Crippen LogP contribution in [0.5, 0.6) is 0 Å². The van der Waals surface area contributed by atoms with E-state index >= 15 is 0 Å². The Labute approximate surface area is 116 Å². The van der Waals surface area contributed by atoms with Crippen molar-refractivity contribution in [2.75, 3.05) is 0 Å². The van der Waals surface area contributed by atoms with E-state index in [0.29, 0.717) is 12.4 Å². The van der Waals surface area contributed by atoms with Gasteiger partial charge < -0.3 is 4.57 Å². The largest absolute Gasteiger partial charge is 0.301 e.